The van der Waals surface area contributed by atoms with Gasteiger partial charge in [-0.05, 0) is 43.9 Å². The summed E-state index contributed by atoms with van der Waals surface area (Å²) >= 11 is 0. The SMILES string of the molecule is CN=C(NCCc1ccc(C)c(OC)c1)NC(C)COC1CCOC1.I. The standard InChI is InChI=1S/C19H31N3O3.HI/c1-14-5-6-16(11-18(14)23-4)7-9-21-19(20-3)22-15(2)12-25-17-8-10-24-13-17;/h5-6,11,15,17H,7-10,12-13H2,1-4H3,(H2,20,21,22);1H. The van der Waals surface area contributed by atoms with Crippen LogP contribution in [0.1, 0.15) is 24.5 Å². The normalized spacial score (nSPS) is 18.2. The lowest BCUT2D eigenvalue weighted by atomic mass is 10.1. The minimum absolute atomic E-state index is 0. The molecule has 7 heteroatoms. The first-order chi connectivity index (χ1) is 12.1. The van der Waals surface area contributed by atoms with E-state index in [1.54, 1.807) is 14.2 Å². The number of hydrogen-bond donors (Lipinski definition) is 2. The minimum atomic E-state index is 0. The molecule has 148 valence electrons. The van der Waals surface area contributed by atoms with Crippen LogP contribution in [0.5, 0.6) is 5.75 Å². The predicted molar refractivity (Wildman–Crippen MR) is 116 cm³/mol. The Balaban J connectivity index is 0.00000338. The van der Waals surface area contributed by atoms with Crippen molar-refractivity contribution < 1.29 is 14.2 Å². The van der Waals surface area contributed by atoms with Gasteiger partial charge in [0.2, 0.25) is 0 Å². The van der Waals surface area contributed by atoms with Gasteiger partial charge >= 0.3 is 0 Å². The second-order valence-electron chi connectivity index (χ2n) is 6.42. The van der Waals surface area contributed by atoms with Crippen molar-refractivity contribution in [2.24, 2.45) is 4.99 Å². The van der Waals surface area contributed by atoms with Crippen molar-refractivity contribution in [2.45, 2.75) is 38.8 Å². The van der Waals surface area contributed by atoms with Crippen LogP contribution in [0, 0.1) is 6.92 Å². The Labute approximate surface area is 174 Å². The van der Waals surface area contributed by atoms with Crippen molar-refractivity contribution >= 4 is 29.9 Å². The van der Waals surface area contributed by atoms with Crippen molar-refractivity contribution in [3.63, 3.8) is 0 Å². The lowest BCUT2D eigenvalue weighted by Crippen LogP contribution is -2.45. The van der Waals surface area contributed by atoms with Crippen LogP contribution >= 0.6 is 24.0 Å². The zero-order chi connectivity index (χ0) is 18.1. The number of hydrogen-bond acceptors (Lipinski definition) is 4. The van der Waals surface area contributed by atoms with Gasteiger partial charge in [-0.1, -0.05) is 12.1 Å². The molecule has 0 aliphatic carbocycles. The molecule has 0 spiro atoms. The number of aryl methyl sites for hydroxylation is 1. The maximum Gasteiger partial charge on any atom is 0.191 e. The Morgan fingerprint density at radius 2 is 2.23 bits per heavy atom. The molecule has 1 aromatic rings. The van der Waals surface area contributed by atoms with E-state index in [9.17, 15) is 0 Å². The molecular formula is C19H32IN3O3. The predicted octanol–water partition coefficient (Wildman–Crippen LogP) is 2.52. The highest BCUT2D eigenvalue weighted by Crippen LogP contribution is 2.19. The molecule has 0 amide bonds. The van der Waals surface area contributed by atoms with Crippen LogP contribution in [0.15, 0.2) is 23.2 Å². The lowest BCUT2D eigenvalue weighted by Gasteiger charge is -2.19. The molecule has 0 aromatic heterocycles. The Kier molecular flexibility index (Phi) is 10.9. The second-order valence-corrected chi connectivity index (χ2v) is 6.42. The maximum atomic E-state index is 5.84. The summed E-state index contributed by atoms with van der Waals surface area (Å²) in [7, 11) is 3.49. The van der Waals surface area contributed by atoms with Crippen LogP contribution in [-0.2, 0) is 15.9 Å². The number of nitrogens with one attached hydrogen (secondary N) is 2. The Morgan fingerprint density at radius 1 is 1.42 bits per heavy atom. The van der Waals surface area contributed by atoms with Crippen molar-refractivity contribution in [3.8, 4) is 5.75 Å². The van der Waals surface area contributed by atoms with Gasteiger partial charge < -0.3 is 24.8 Å². The molecule has 1 heterocycles. The Bertz CT molecular complexity index is 563. The first kappa shape index (κ1) is 23.0. The zero-order valence-corrected chi connectivity index (χ0v) is 18.5. The number of ether oxygens (including phenoxy) is 3. The number of methoxy groups -OCH3 is 1. The summed E-state index contributed by atoms with van der Waals surface area (Å²) in [5, 5.41) is 6.70. The second kappa shape index (κ2) is 12.3. The molecule has 2 unspecified atom stereocenters. The van der Waals surface area contributed by atoms with Crippen LogP contribution in [0.2, 0.25) is 0 Å². The molecule has 1 fully saturated rings. The van der Waals surface area contributed by atoms with Gasteiger partial charge in [-0.2, -0.15) is 0 Å². The summed E-state index contributed by atoms with van der Waals surface area (Å²) in [6.45, 7) is 7.10. The van der Waals surface area contributed by atoms with Crippen LogP contribution in [0.25, 0.3) is 0 Å². The summed E-state index contributed by atoms with van der Waals surface area (Å²) in [6.07, 6.45) is 2.12. The molecule has 2 N–H and O–H groups in total. The average Bonchev–Trinajstić information content (AvgIpc) is 3.14. The lowest BCUT2D eigenvalue weighted by molar-refractivity contribution is 0.0347. The quantitative estimate of drug-likeness (QED) is 0.343. The Morgan fingerprint density at radius 3 is 2.88 bits per heavy atom. The number of aliphatic imine (C=N–C) groups is 1. The maximum absolute atomic E-state index is 5.84. The molecule has 0 bridgehead atoms. The van der Waals surface area contributed by atoms with E-state index in [4.69, 9.17) is 14.2 Å². The van der Waals surface area contributed by atoms with E-state index in [1.165, 1.54) is 5.56 Å². The molecule has 1 aromatic carbocycles. The topological polar surface area (TPSA) is 64.1 Å². The van der Waals surface area contributed by atoms with Crippen LogP contribution in [-0.4, -0.2) is 58.6 Å². The summed E-state index contributed by atoms with van der Waals surface area (Å²) < 4.78 is 16.5. The first-order valence-electron chi connectivity index (χ1n) is 8.92. The monoisotopic (exact) mass is 477 g/mol. The summed E-state index contributed by atoms with van der Waals surface area (Å²) in [5.41, 5.74) is 2.39. The molecule has 0 saturated carbocycles. The third-order valence-electron chi connectivity index (χ3n) is 4.26. The van der Waals surface area contributed by atoms with E-state index in [1.807, 2.05) is 6.92 Å². The molecule has 2 atom stereocenters. The first-order valence-corrected chi connectivity index (χ1v) is 8.92. The molecule has 1 aliphatic heterocycles. The largest absolute Gasteiger partial charge is 0.496 e. The van der Waals surface area contributed by atoms with Gasteiger partial charge in [-0.15, -0.1) is 24.0 Å². The van der Waals surface area contributed by atoms with E-state index >= 15 is 0 Å². The van der Waals surface area contributed by atoms with Crippen molar-refractivity contribution in [3.05, 3.63) is 29.3 Å². The highest BCUT2D eigenvalue weighted by Gasteiger charge is 2.17. The van der Waals surface area contributed by atoms with Crippen molar-refractivity contribution in [1.29, 1.82) is 0 Å². The molecule has 0 radical (unpaired) electrons. The molecule has 2 rings (SSSR count). The smallest absolute Gasteiger partial charge is 0.191 e. The fourth-order valence-corrected chi connectivity index (χ4v) is 2.74. The highest BCUT2D eigenvalue weighted by atomic mass is 127. The Hall–Kier alpha value is -1.06. The van der Waals surface area contributed by atoms with Gasteiger partial charge in [0.1, 0.15) is 5.75 Å². The van der Waals surface area contributed by atoms with Crippen LogP contribution < -0.4 is 15.4 Å². The van der Waals surface area contributed by atoms with Gasteiger partial charge in [-0.25, -0.2) is 0 Å². The van der Waals surface area contributed by atoms with Crippen LogP contribution in [0.3, 0.4) is 0 Å². The fraction of sp³-hybridized carbons (Fsp3) is 0.632. The molecule has 26 heavy (non-hydrogen) atoms. The van der Waals surface area contributed by atoms with E-state index in [0.29, 0.717) is 13.2 Å². The summed E-state index contributed by atoms with van der Waals surface area (Å²) in [4.78, 5) is 4.28. The molecule has 6 nitrogen and oxygen atoms in total. The molecular weight excluding hydrogens is 445 g/mol. The van der Waals surface area contributed by atoms with Gasteiger partial charge in [0.25, 0.3) is 0 Å². The number of guanidine groups is 1. The van der Waals surface area contributed by atoms with E-state index in [-0.39, 0.29) is 36.1 Å². The average molecular weight is 477 g/mol. The molecule has 1 saturated heterocycles. The van der Waals surface area contributed by atoms with E-state index in [2.05, 4.69) is 40.7 Å². The van der Waals surface area contributed by atoms with Gasteiger partial charge in [-0.3, -0.25) is 4.99 Å². The number of halogens is 1. The van der Waals surface area contributed by atoms with Gasteiger partial charge in [0.05, 0.1) is 26.4 Å². The molecule has 1 aliphatic rings. The number of benzene rings is 1. The van der Waals surface area contributed by atoms with E-state index in [0.717, 1.165) is 43.3 Å². The zero-order valence-electron chi connectivity index (χ0n) is 16.2. The van der Waals surface area contributed by atoms with Crippen LogP contribution in [0.4, 0.5) is 0 Å². The third kappa shape index (κ3) is 7.67. The fourth-order valence-electron chi connectivity index (χ4n) is 2.74. The highest BCUT2D eigenvalue weighted by molar-refractivity contribution is 14.0. The summed E-state index contributed by atoms with van der Waals surface area (Å²) in [6, 6.07) is 6.50. The summed E-state index contributed by atoms with van der Waals surface area (Å²) in [5.74, 6) is 1.72. The minimum Gasteiger partial charge on any atom is -0.496 e. The van der Waals surface area contributed by atoms with Crippen molar-refractivity contribution in [1.82, 2.24) is 10.6 Å². The van der Waals surface area contributed by atoms with Gasteiger partial charge in [0, 0.05) is 26.2 Å². The van der Waals surface area contributed by atoms with Crippen molar-refractivity contribution in [2.75, 3.05) is 40.5 Å². The number of rotatable bonds is 8. The van der Waals surface area contributed by atoms with Gasteiger partial charge in [0.15, 0.2) is 5.96 Å². The number of nitrogens with zero attached hydrogens (tertiary/aromatic N) is 1. The van der Waals surface area contributed by atoms with E-state index < -0.39 is 0 Å². The third-order valence-corrected chi connectivity index (χ3v) is 4.26.